The zero-order valence-electron chi connectivity index (χ0n) is 17.0. The number of carbonyl (C=O) groups excluding carboxylic acids is 3. The maximum absolute atomic E-state index is 12.1. The minimum Gasteiger partial charge on any atom is -0.508 e. The number of phenolic OH excluding ortho intramolecular Hbond substituents is 1. The van der Waals surface area contributed by atoms with Crippen molar-refractivity contribution in [3.63, 3.8) is 0 Å². The summed E-state index contributed by atoms with van der Waals surface area (Å²) in [6.07, 6.45) is 8.97. The first-order chi connectivity index (χ1) is 13.9. The molecule has 0 bridgehead atoms. The van der Waals surface area contributed by atoms with Crippen molar-refractivity contribution < 1.29 is 19.5 Å². The first-order valence-electron chi connectivity index (χ1n) is 10.6. The van der Waals surface area contributed by atoms with Crippen molar-refractivity contribution in [2.24, 2.45) is 11.7 Å². The molecule has 160 valence electrons. The number of benzene rings is 1. The average molecular weight is 404 g/mol. The Morgan fingerprint density at radius 1 is 1.07 bits per heavy atom. The van der Waals surface area contributed by atoms with Crippen molar-refractivity contribution in [1.29, 1.82) is 0 Å². The van der Waals surface area contributed by atoms with Gasteiger partial charge in [0.05, 0.1) is 6.42 Å². The van der Waals surface area contributed by atoms with E-state index >= 15 is 0 Å². The second kappa shape index (κ2) is 12.1. The van der Waals surface area contributed by atoms with Crippen LogP contribution in [0.4, 0.5) is 0 Å². The highest BCUT2D eigenvalue weighted by Crippen LogP contribution is 2.27. The molecule has 0 unspecified atom stereocenters. The Bertz CT molecular complexity index is 669. The number of phenols is 1. The molecular formula is C22H33N3O4. The molecule has 0 aliphatic heterocycles. The smallest absolute Gasteiger partial charge is 0.240 e. The van der Waals surface area contributed by atoms with Crippen LogP contribution in [0.3, 0.4) is 0 Å². The predicted molar refractivity (Wildman–Crippen MR) is 111 cm³/mol. The van der Waals surface area contributed by atoms with E-state index in [-0.39, 0.29) is 24.0 Å². The molecule has 1 fully saturated rings. The summed E-state index contributed by atoms with van der Waals surface area (Å²) in [4.78, 5) is 35.9. The highest BCUT2D eigenvalue weighted by Gasteiger charge is 2.21. The number of aromatic hydroxyl groups is 1. The third kappa shape index (κ3) is 8.98. The Hall–Kier alpha value is -2.57. The SMILES string of the molecule is NC(=O)[C@@H](CC(=O)NCCc1ccc(O)cc1)NC(=O)CCCC1CCCCC1. The van der Waals surface area contributed by atoms with Gasteiger partial charge < -0.3 is 21.5 Å². The van der Waals surface area contributed by atoms with Gasteiger partial charge in [0, 0.05) is 13.0 Å². The summed E-state index contributed by atoms with van der Waals surface area (Å²) in [5.41, 5.74) is 6.33. The van der Waals surface area contributed by atoms with Gasteiger partial charge >= 0.3 is 0 Å². The first-order valence-corrected chi connectivity index (χ1v) is 10.6. The van der Waals surface area contributed by atoms with E-state index in [4.69, 9.17) is 5.73 Å². The molecule has 1 aromatic carbocycles. The van der Waals surface area contributed by atoms with Gasteiger partial charge in [-0.25, -0.2) is 0 Å². The predicted octanol–water partition coefficient (Wildman–Crippen LogP) is 2.16. The summed E-state index contributed by atoms with van der Waals surface area (Å²) in [6.45, 7) is 0.393. The molecule has 1 aromatic rings. The molecule has 29 heavy (non-hydrogen) atoms. The topological polar surface area (TPSA) is 122 Å². The maximum Gasteiger partial charge on any atom is 0.240 e. The van der Waals surface area contributed by atoms with Crippen LogP contribution in [0.25, 0.3) is 0 Å². The summed E-state index contributed by atoms with van der Waals surface area (Å²) in [5, 5.41) is 14.6. The van der Waals surface area contributed by atoms with E-state index in [1.165, 1.54) is 32.1 Å². The Balaban J connectivity index is 1.66. The zero-order valence-corrected chi connectivity index (χ0v) is 17.0. The zero-order chi connectivity index (χ0) is 21.1. The molecule has 1 atom stereocenters. The molecule has 3 amide bonds. The van der Waals surface area contributed by atoms with Gasteiger partial charge in [-0.15, -0.1) is 0 Å². The van der Waals surface area contributed by atoms with Gasteiger partial charge in [-0.1, -0.05) is 44.2 Å². The fourth-order valence-electron chi connectivity index (χ4n) is 3.78. The van der Waals surface area contributed by atoms with E-state index in [1.807, 2.05) is 0 Å². The molecule has 1 saturated carbocycles. The van der Waals surface area contributed by atoms with Gasteiger partial charge in [0.25, 0.3) is 0 Å². The van der Waals surface area contributed by atoms with Gasteiger partial charge in [0.15, 0.2) is 0 Å². The van der Waals surface area contributed by atoms with Crippen LogP contribution < -0.4 is 16.4 Å². The molecule has 7 nitrogen and oxygen atoms in total. The van der Waals surface area contributed by atoms with Crippen LogP contribution in [-0.2, 0) is 20.8 Å². The number of primary amides is 1. The van der Waals surface area contributed by atoms with Crippen LogP contribution in [-0.4, -0.2) is 35.4 Å². The van der Waals surface area contributed by atoms with Gasteiger partial charge in [0.1, 0.15) is 11.8 Å². The van der Waals surface area contributed by atoms with E-state index in [0.29, 0.717) is 25.3 Å². The second-order valence-electron chi connectivity index (χ2n) is 7.89. The molecule has 7 heteroatoms. The van der Waals surface area contributed by atoms with Crippen molar-refractivity contribution in [2.75, 3.05) is 6.54 Å². The summed E-state index contributed by atoms with van der Waals surface area (Å²) in [6, 6.07) is 5.74. The highest BCUT2D eigenvalue weighted by molar-refractivity contribution is 5.91. The highest BCUT2D eigenvalue weighted by atomic mass is 16.3. The minimum atomic E-state index is -0.995. The minimum absolute atomic E-state index is 0.167. The Morgan fingerprint density at radius 2 is 1.76 bits per heavy atom. The van der Waals surface area contributed by atoms with Crippen molar-refractivity contribution in [2.45, 2.75) is 70.3 Å². The van der Waals surface area contributed by atoms with Crippen molar-refractivity contribution in [3.05, 3.63) is 29.8 Å². The molecule has 0 radical (unpaired) electrons. The summed E-state index contributed by atoms with van der Waals surface area (Å²) >= 11 is 0. The molecule has 1 aliphatic carbocycles. The normalized spacial score (nSPS) is 15.4. The van der Waals surface area contributed by atoms with Crippen LogP contribution in [0.2, 0.25) is 0 Å². The van der Waals surface area contributed by atoms with Crippen LogP contribution in [0.15, 0.2) is 24.3 Å². The van der Waals surface area contributed by atoms with Crippen LogP contribution in [0.5, 0.6) is 5.75 Å². The lowest BCUT2D eigenvalue weighted by atomic mass is 9.86. The van der Waals surface area contributed by atoms with Gasteiger partial charge in [-0.2, -0.15) is 0 Å². The number of carbonyl (C=O) groups is 3. The standard InChI is InChI=1S/C22H33N3O4/c23-22(29)19(25-20(27)8-4-7-16-5-2-1-3-6-16)15-21(28)24-14-13-17-9-11-18(26)12-10-17/h9-12,16,19,26H,1-8,13-15H2,(H2,23,29)(H,24,28)(H,25,27)/t19-/m1/s1. The number of hydrogen-bond donors (Lipinski definition) is 4. The number of rotatable bonds is 11. The Kier molecular flexibility index (Phi) is 9.47. The number of nitrogens with one attached hydrogen (secondary N) is 2. The lowest BCUT2D eigenvalue weighted by Gasteiger charge is -2.21. The molecule has 5 N–H and O–H groups in total. The molecule has 0 aromatic heterocycles. The van der Waals surface area contributed by atoms with Crippen LogP contribution in [0, 0.1) is 5.92 Å². The van der Waals surface area contributed by atoms with Crippen molar-refractivity contribution >= 4 is 17.7 Å². The maximum atomic E-state index is 12.1. The van der Waals surface area contributed by atoms with E-state index in [0.717, 1.165) is 18.4 Å². The monoisotopic (exact) mass is 403 g/mol. The molecule has 0 saturated heterocycles. The lowest BCUT2D eigenvalue weighted by molar-refractivity contribution is -0.130. The molecule has 0 heterocycles. The summed E-state index contributed by atoms with van der Waals surface area (Å²) < 4.78 is 0. The van der Waals surface area contributed by atoms with Gasteiger partial charge in [0.2, 0.25) is 17.7 Å². The fourth-order valence-corrected chi connectivity index (χ4v) is 3.78. The third-order valence-corrected chi connectivity index (χ3v) is 5.48. The fraction of sp³-hybridized carbons (Fsp3) is 0.591. The quantitative estimate of drug-likeness (QED) is 0.452. The average Bonchev–Trinajstić information content (AvgIpc) is 2.70. The Morgan fingerprint density at radius 3 is 2.41 bits per heavy atom. The summed E-state index contributed by atoms with van der Waals surface area (Å²) in [7, 11) is 0. The Labute approximate surface area is 172 Å². The summed E-state index contributed by atoms with van der Waals surface area (Å²) in [5.74, 6) is -0.379. The van der Waals surface area contributed by atoms with Gasteiger partial charge in [-0.05, 0) is 42.9 Å². The van der Waals surface area contributed by atoms with E-state index < -0.39 is 11.9 Å². The molecule has 2 rings (SSSR count). The number of amides is 3. The van der Waals surface area contributed by atoms with E-state index in [2.05, 4.69) is 10.6 Å². The van der Waals surface area contributed by atoms with Gasteiger partial charge in [-0.3, -0.25) is 14.4 Å². The number of nitrogens with two attached hydrogens (primary N) is 1. The molecule has 0 spiro atoms. The van der Waals surface area contributed by atoms with Crippen LogP contribution >= 0.6 is 0 Å². The molecule has 1 aliphatic rings. The number of hydrogen-bond acceptors (Lipinski definition) is 4. The van der Waals surface area contributed by atoms with Crippen molar-refractivity contribution in [3.8, 4) is 5.75 Å². The lowest BCUT2D eigenvalue weighted by Crippen LogP contribution is -2.47. The van der Waals surface area contributed by atoms with Crippen LogP contribution in [0.1, 0.15) is 63.4 Å². The van der Waals surface area contributed by atoms with Crippen molar-refractivity contribution in [1.82, 2.24) is 10.6 Å². The van der Waals surface area contributed by atoms with E-state index in [9.17, 15) is 19.5 Å². The van der Waals surface area contributed by atoms with E-state index in [1.54, 1.807) is 24.3 Å². The largest absolute Gasteiger partial charge is 0.508 e. The first kappa shape index (κ1) is 22.7. The third-order valence-electron chi connectivity index (χ3n) is 5.48. The molecular weight excluding hydrogens is 370 g/mol. The second-order valence-corrected chi connectivity index (χ2v) is 7.89.